The van der Waals surface area contributed by atoms with E-state index in [1.807, 2.05) is 18.2 Å². The summed E-state index contributed by atoms with van der Waals surface area (Å²) in [6.07, 6.45) is 3.07. The molecule has 6 nitrogen and oxygen atoms in total. The van der Waals surface area contributed by atoms with Crippen LogP contribution in [0.15, 0.2) is 60.7 Å². The second-order valence-electron chi connectivity index (χ2n) is 7.01. The fourth-order valence-corrected chi connectivity index (χ4v) is 3.73. The van der Waals surface area contributed by atoms with E-state index < -0.39 is 5.91 Å². The van der Waals surface area contributed by atoms with Gasteiger partial charge in [0.05, 0.1) is 0 Å². The molecule has 144 valence electrons. The molecule has 0 aliphatic carbocycles. The Kier molecular flexibility index (Phi) is 5.41. The largest absolute Gasteiger partial charge is 0.368 e. The SMILES string of the molecule is O=C(/C=C/c1ccccc1N1CCN(Cc2cc3ccccc3[nH]2)CC1)NO. The second kappa shape index (κ2) is 8.29. The Morgan fingerprint density at radius 2 is 1.82 bits per heavy atom. The molecule has 0 unspecified atom stereocenters. The number of piperazine rings is 1. The Bertz CT molecular complexity index is 954. The van der Waals surface area contributed by atoms with Crippen LogP contribution in [0, 0.1) is 0 Å². The van der Waals surface area contributed by atoms with Crippen molar-refractivity contribution in [1.29, 1.82) is 0 Å². The standard InChI is InChI=1S/C22H24N4O2/c27-22(24-28)10-9-17-5-2-4-8-21(17)26-13-11-25(12-14-26)16-19-15-18-6-1-3-7-20(18)23-19/h1-10,15,23,28H,11-14,16H2,(H,24,27)/b10-9+. The van der Waals surface area contributed by atoms with E-state index in [0.717, 1.165) is 44.0 Å². The zero-order valence-corrected chi connectivity index (χ0v) is 15.6. The van der Waals surface area contributed by atoms with Crippen LogP contribution in [-0.4, -0.2) is 47.2 Å². The topological polar surface area (TPSA) is 71.6 Å². The van der Waals surface area contributed by atoms with E-state index in [0.29, 0.717) is 0 Å². The third-order valence-electron chi connectivity index (χ3n) is 5.15. The van der Waals surface area contributed by atoms with E-state index in [2.05, 4.69) is 51.2 Å². The third kappa shape index (κ3) is 4.08. The van der Waals surface area contributed by atoms with E-state index in [4.69, 9.17) is 5.21 Å². The van der Waals surface area contributed by atoms with Crippen molar-refractivity contribution in [1.82, 2.24) is 15.4 Å². The highest BCUT2D eigenvalue weighted by molar-refractivity contribution is 5.91. The van der Waals surface area contributed by atoms with Gasteiger partial charge >= 0.3 is 0 Å². The number of H-pyrrole nitrogens is 1. The summed E-state index contributed by atoms with van der Waals surface area (Å²) in [6, 6.07) is 18.6. The molecule has 1 aliphatic rings. The van der Waals surface area contributed by atoms with Gasteiger partial charge in [-0.2, -0.15) is 0 Å². The number of benzene rings is 2. The molecule has 0 atom stereocenters. The first-order chi connectivity index (χ1) is 13.7. The molecule has 28 heavy (non-hydrogen) atoms. The summed E-state index contributed by atoms with van der Waals surface area (Å²) in [4.78, 5) is 19.6. The molecule has 2 aromatic carbocycles. The second-order valence-corrected chi connectivity index (χ2v) is 7.01. The molecular weight excluding hydrogens is 352 g/mol. The zero-order chi connectivity index (χ0) is 19.3. The Morgan fingerprint density at radius 1 is 1.07 bits per heavy atom. The van der Waals surface area contributed by atoms with Crippen molar-refractivity contribution in [3.63, 3.8) is 0 Å². The quantitative estimate of drug-likeness (QED) is 0.364. The number of hydrogen-bond acceptors (Lipinski definition) is 4. The first-order valence-corrected chi connectivity index (χ1v) is 9.48. The highest BCUT2D eigenvalue weighted by Crippen LogP contribution is 2.24. The molecule has 1 aromatic heterocycles. The lowest BCUT2D eigenvalue weighted by atomic mass is 10.1. The van der Waals surface area contributed by atoms with Gasteiger partial charge in [-0.05, 0) is 35.2 Å². The number of rotatable bonds is 5. The van der Waals surface area contributed by atoms with Crippen LogP contribution in [0.3, 0.4) is 0 Å². The Labute approximate surface area is 164 Å². The van der Waals surface area contributed by atoms with E-state index in [-0.39, 0.29) is 0 Å². The van der Waals surface area contributed by atoms with Gasteiger partial charge in [-0.15, -0.1) is 0 Å². The van der Waals surface area contributed by atoms with Gasteiger partial charge in [-0.1, -0.05) is 36.4 Å². The van der Waals surface area contributed by atoms with Gasteiger partial charge in [0.25, 0.3) is 5.91 Å². The first kappa shape index (κ1) is 18.3. The average Bonchev–Trinajstić information content (AvgIpc) is 3.15. The maximum atomic E-state index is 11.3. The summed E-state index contributed by atoms with van der Waals surface area (Å²) in [5.74, 6) is -0.530. The molecule has 1 aliphatic heterocycles. The molecule has 0 radical (unpaired) electrons. The molecule has 1 fully saturated rings. The predicted molar refractivity (Wildman–Crippen MR) is 111 cm³/mol. The van der Waals surface area contributed by atoms with Gasteiger partial charge < -0.3 is 9.88 Å². The Balaban J connectivity index is 1.40. The van der Waals surface area contributed by atoms with Gasteiger partial charge in [0.15, 0.2) is 0 Å². The van der Waals surface area contributed by atoms with Crippen molar-refractivity contribution in [2.75, 3.05) is 31.1 Å². The van der Waals surface area contributed by atoms with Crippen molar-refractivity contribution >= 4 is 28.6 Å². The lowest BCUT2D eigenvalue weighted by molar-refractivity contribution is -0.124. The van der Waals surface area contributed by atoms with E-state index >= 15 is 0 Å². The summed E-state index contributed by atoms with van der Waals surface area (Å²) < 4.78 is 0. The number of carbonyl (C=O) groups excluding carboxylic acids is 1. The molecule has 3 aromatic rings. The van der Waals surface area contributed by atoms with Crippen LogP contribution in [0.2, 0.25) is 0 Å². The molecule has 4 rings (SSSR count). The monoisotopic (exact) mass is 376 g/mol. The number of amides is 1. The number of fused-ring (bicyclic) bond motifs is 1. The molecule has 3 N–H and O–H groups in total. The van der Waals surface area contributed by atoms with Crippen LogP contribution < -0.4 is 10.4 Å². The number of aromatic amines is 1. The van der Waals surface area contributed by atoms with Crippen molar-refractivity contribution < 1.29 is 10.0 Å². The molecule has 1 amide bonds. The molecule has 0 saturated carbocycles. The number of hydroxylamine groups is 1. The van der Waals surface area contributed by atoms with Gasteiger partial charge in [0, 0.05) is 55.7 Å². The molecule has 0 spiro atoms. The van der Waals surface area contributed by atoms with Crippen LogP contribution in [0.25, 0.3) is 17.0 Å². The number of hydrogen-bond donors (Lipinski definition) is 3. The minimum absolute atomic E-state index is 0.530. The summed E-state index contributed by atoms with van der Waals surface area (Å²) in [5.41, 5.74) is 6.13. The fourth-order valence-electron chi connectivity index (χ4n) is 3.73. The molecule has 2 heterocycles. The number of para-hydroxylation sites is 2. The van der Waals surface area contributed by atoms with Crippen molar-refractivity contribution in [3.8, 4) is 0 Å². The van der Waals surface area contributed by atoms with Gasteiger partial charge in [-0.25, -0.2) is 5.48 Å². The normalized spacial score (nSPS) is 15.4. The average molecular weight is 376 g/mol. The van der Waals surface area contributed by atoms with Gasteiger partial charge in [0.2, 0.25) is 0 Å². The first-order valence-electron chi connectivity index (χ1n) is 9.48. The number of nitrogens with one attached hydrogen (secondary N) is 2. The molecular formula is C22H24N4O2. The minimum atomic E-state index is -0.530. The Morgan fingerprint density at radius 3 is 2.61 bits per heavy atom. The van der Waals surface area contributed by atoms with Gasteiger partial charge in [0.1, 0.15) is 0 Å². The lowest BCUT2D eigenvalue weighted by Gasteiger charge is -2.36. The zero-order valence-electron chi connectivity index (χ0n) is 15.6. The summed E-state index contributed by atoms with van der Waals surface area (Å²) in [5, 5.41) is 9.91. The van der Waals surface area contributed by atoms with Crippen LogP contribution >= 0.6 is 0 Å². The molecule has 0 bridgehead atoms. The fraction of sp³-hybridized carbons (Fsp3) is 0.227. The number of anilines is 1. The van der Waals surface area contributed by atoms with E-state index in [9.17, 15) is 4.79 Å². The van der Waals surface area contributed by atoms with Crippen molar-refractivity contribution in [2.24, 2.45) is 0 Å². The van der Waals surface area contributed by atoms with E-state index in [1.54, 1.807) is 11.6 Å². The lowest BCUT2D eigenvalue weighted by Crippen LogP contribution is -2.46. The minimum Gasteiger partial charge on any atom is -0.368 e. The van der Waals surface area contributed by atoms with Crippen LogP contribution in [0.1, 0.15) is 11.3 Å². The van der Waals surface area contributed by atoms with Crippen molar-refractivity contribution in [2.45, 2.75) is 6.54 Å². The van der Waals surface area contributed by atoms with Crippen molar-refractivity contribution in [3.05, 3.63) is 71.9 Å². The maximum absolute atomic E-state index is 11.3. The van der Waals surface area contributed by atoms with E-state index in [1.165, 1.54) is 22.7 Å². The maximum Gasteiger partial charge on any atom is 0.267 e. The third-order valence-corrected chi connectivity index (χ3v) is 5.15. The van der Waals surface area contributed by atoms with Crippen LogP contribution in [0.5, 0.6) is 0 Å². The molecule has 1 saturated heterocycles. The smallest absolute Gasteiger partial charge is 0.267 e. The summed E-state index contributed by atoms with van der Waals surface area (Å²) in [6.45, 7) is 4.73. The predicted octanol–water partition coefficient (Wildman–Crippen LogP) is 3.01. The highest BCUT2D eigenvalue weighted by Gasteiger charge is 2.19. The summed E-state index contributed by atoms with van der Waals surface area (Å²) >= 11 is 0. The number of nitrogens with zero attached hydrogens (tertiary/aromatic N) is 2. The summed E-state index contributed by atoms with van der Waals surface area (Å²) in [7, 11) is 0. The van der Waals surface area contributed by atoms with Crippen LogP contribution in [0.4, 0.5) is 5.69 Å². The number of aromatic nitrogens is 1. The number of carbonyl (C=O) groups is 1. The Hall–Kier alpha value is -3.09. The van der Waals surface area contributed by atoms with Crippen LogP contribution in [-0.2, 0) is 11.3 Å². The highest BCUT2D eigenvalue weighted by atomic mass is 16.5. The molecule has 6 heteroatoms. The van der Waals surface area contributed by atoms with Gasteiger partial charge in [-0.3, -0.25) is 14.9 Å².